The number of nitrogens with two attached hydrogens (primary N) is 1. The van der Waals surface area contributed by atoms with Gasteiger partial charge >= 0.3 is 0 Å². The summed E-state index contributed by atoms with van der Waals surface area (Å²) in [5.41, 5.74) is 10.2. The van der Waals surface area contributed by atoms with Gasteiger partial charge in [0.25, 0.3) is 5.91 Å². The molecule has 130 valence electrons. The molecule has 0 fully saturated rings. The van der Waals surface area contributed by atoms with Crippen molar-refractivity contribution in [1.29, 1.82) is 0 Å². The number of primary amides is 1. The summed E-state index contributed by atoms with van der Waals surface area (Å²) in [5.74, 6) is -0.933. The van der Waals surface area contributed by atoms with Crippen LogP contribution in [0.15, 0.2) is 42.5 Å². The van der Waals surface area contributed by atoms with Crippen LogP contribution in [-0.4, -0.2) is 23.4 Å². The first-order chi connectivity index (χ1) is 11.9. The van der Waals surface area contributed by atoms with E-state index in [9.17, 15) is 9.59 Å². The van der Waals surface area contributed by atoms with Crippen molar-refractivity contribution in [2.24, 2.45) is 5.73 Å². The number of benzene rings is 2. The number of anilines is 1. The molecule has 25 heavy (non-hydrogen) atoms. The Morgan fingerprint density at radius 3 is 2.64 bits per heavy atom. The van der Waals surface area contributed by atoms with E-state index < -0.39 is 5.91 Å². The van der Waals surface area contributed by atoms with Crippen molar-refractivity contribution in [3.63, 3.8) is 0 Å². The predicted octanol–water partition coefficient (Wildman–Crippen LogP) is 2.92. The maximum atomic E-state index is 12.6. The average molecular weight is 379 g/mol. The third kappa shape index (κ3) is 3.42. The van der Waals surface area contributed by atoms with Gasteiger partial charge in [-0.1, -0.05) is 41.4 Å². The van der Waals surface area contributed by atoms with E-state index in [1.807, 2.05) is 25.1 Å². The number of nitrogens with zero attached hydrogens (tertiary/aromatic N) is 2. The molecule has 0 saturated heterocycles. The minimum Gasteiger partial charge on any atom is -0.368 e. The minimum absolute atomic E-state index is 0.241. The van der Waals surface area contributed by atoms with Gasteiger partial charge in [-0.2, -0.15) is 0 Å². The Labute approximate surface area is 155 Å². The number of nitrogens with one attached hydrogen (secondary N) is 1. The first kappa shape index (κ1) is 17.5. The van der Waals surface area contributed by atoms with Crippen LogP contribution in [0.2, 0.25) is 10.0 Å². The number of carbonyl (C=O) groups is 2. The second-order valence-electron chi connectivity index (χ2n) is 5.69. The third-order valence-corrected chi connectivity index (χ3v) is 4.54. The van der Waals surface area contributed by atoms with Crippen molar-refractivity contribution in [3.8, 4) is 0 Å². The second-order valence-corrected chi connectivity index (χ2v) is 6.53. The fourth-order valence-electron chi connectivity index (χ4n) is 2.78. The van der Waals surface area contributed by atoms with E-state index in [4.69, 9.17) is 28.9 Å². The molecule has 1 unspecified atom stereocenters. The van der Waals surface area contributed by atoms with Crippen LogP contribution in [0.25, 0.3) is 0 Å². The lowest BCUT2D eigenvalue weighted by atomic mass is 10.0. The molecule has 3 N–H and O–H groups in total. The van der Waals surface area contributed by atoms with Gasteiger partial charge in [0.15, 0.2) is 0 Å². The highest BCUT2D eigenvalue weighted by Gasteiger charge is 2.33. The van der Waals surface area contributed by atoms with Gasteiger partial charge in [-0.05, 0) is 36.8 Å². The summed E-state index contributed by atoms with van der Waals surface area (Å²) in [7, 11) is 0. The number of fused-ring (bicyclic) bond motifs is 1. The molecular formula is C17H16Cl2N4O2. The van der Waals surface area contributed by atoms with E-state index in [-0.39, 0.29) is 18.5 Å². The van der Waals surface area contributed by atoms with Gasteiger partial charge in [0.1, 0.15) is 6.54 Å². The molecule has 0 bridgehead atoms. The summed E-state index contributed by atoms with van der Waals surface area (Å²) in [6.45, 7) is 1.68. The third-order valence-electron chi connectivity index (χ3n) is 3.98. The molecule has 0 aromatic heterocycles. The summed E-state index contributed by atoms with van der Waals surface area (Å²) in [5, 5.41) is 4.01. The van der Waals surface area contributed by atoms with Crippen molar-refractivity contribution < 1.29 is 9.59 Å². The van der Waals surface area contributed by atoms with E-state index in [1.54, 1.807) is 29.3 Å². The van der Waals surface area contributed by atoms with Crippen LogP contribution in [0.5, 0.6) is 0 Å². The zero-order chi connectivity index (χ0) is 18.1. The Hall–Kier alpha value is -2.28. The molecule has 8 heteroatoms. The first-order valence-corrected chi connectivity index (χ1v) is 8.33. The van der Waals surface area contributed by atoms with Gasteiger partial charge in [-0.3, -0.25) is 14.6 Å². The molecule has 0 spiro atoms. The van der Waals surface area contributed by atoms with E-state index in [1.165, 1.54) is 5.01 Å². The van der Waals surface area contributed by atoms with Gasteiger partial charge in [-0.15, -0.1) is 5.53 Å². The number of rotatable bonds is 4. The van der Waals surface area contributed by atoms with Gasteiger partial charge in [0.05, 0.1) is 17.3 Å². The van der Waals surface area contributed by atoms with E-state index in [2.05, 4.69) is 5.53 Å². The second kappa shape index (κ2) is 6.92. The van der Waals surface area contributed by atoms with Crippen LogP contribution in [0.3, 0.4) is 0 Å². The predicted molar refractivity (Wildman–Crippen MR) is 97.2 cm³/mol. The van der Waals surface area contributed by atoms with E-state index >= 15 is 0 Å². The Balaban J connectivity index is 2.03. The molecule has 0 saturated carbocycles. The zero-order valence-corrected chi connectivity index (χ0v) is 14.9. The highest BCUT2D eigenvalue weighted by atomic mass is 35.5. The molecule has 0 radical (unpaired) electrons. The van der Waals surface area contributed by atoms with Crippen LogP contribution >= 0.6 is 23.2 Å². The molecule has 1 aliphatic rings. The summed E-state index contributed by atoms with van der Waals surface area (Å²) < 4.78 is 0. The van der Waals surface area contributed by atoms with Crippen LogP contribution < -0.4 is 16.3 Å². The highest BCUT2D eigenvalue weighted by Crippen LogP contribution is 2.35. The van der Waals surface area contributed by atoms with Crippen molar-refractivity contribution in [1.82, 2.24) is 10.5 Å². The SMILES string of the molecule is CC(c1ccc(Cl)cc1Cl)N1NN(CC(N)=O)C(=O)c2ccccc21. The average Bonchev–Trinajstić information content (AvgIpc) is 2.56. The van der Waals surface area contributed by atoms with Crippen molar-refractivity contribution >= 4 is 40.7 Å². The maximum Gasteiger partial charge on any atom is 0.272 e. The molecular weight excluding hydrogens is 363 g/mol. The van der Waals surface area contributed by atoms with Gasteiger partial charge in [-0.25, -0.2) is 5.01 Å². The molecule has 6 nitrogen and oxygen atoms in total. The number of hydrogen-bond acceptors (Lipinski definition) is 4. The van der Waals surface area contributed by atoms with Crippen LogP contribution in [0, 0.1) is 0 Å². The quantitative estimate of drug-likeness (QED) is 0.856. The van der Waals surface area contributed by atoms with Crippen molar-refractivity contribution in [2.45, 2.75) is 13.0 Å². The zero-order valence-electron chi connectivity index (χ0n) is 13.4. The molecule has 1 atom stereocenters. The van der Waals surface area contributed by atoms with Crippen LogP contribution in [-0.2, 0) is 4.79 Å². The highest BCUT2D eigenvalue weighted by molar-refractivity contribution is 6.35. The lowest BCUT2D eigenvalue weighted by Crippen LogP contribution is -2.59. The summed E-state index contributed by atoms with van der Waals surface area (Å²) in [6, 6.07) is 12.1. The molecule has 2 aromatic carbocycles. The smallest absolute Gasteiger partial charge is 0.272 e. The van der Waals surface area contributed by atoms with E-state index in [0.717, 1.165) is 5.56 Å². The standard InChI is InChI=1S/C17H16Cl2N4O2/c1-10(12-7-6-11(18)8-14(12)19)23-15-5-3-2-4-13(15)17(25)22(21-23)9-16(20)24/h2-8,10,21H,9H2,1H3,(H2,20,24). The maximum absolute atomic E-state index is 12.6. The molecule has 0 aliphatic carbocycles. The Kier molecular flexibility index (Phi) is 4.85. The topological polar surface area (TPSA) is 78.7 Å². The van der Waals surface area contributed by atoms with Crippen LogP contribution in [0.1, 0.15) is 28.9 Å². The molecule has 2 amide bonds. The van der Waals surface area contributed by atoms with Gasteiger partial charge < -0.3 is 5.73 Å². The fraction of sp³-hybridized carbons (Fsp3) is 0.176. The summed E-state index contributed by atoms with van der Waals surface area (Å²) in [4.78, 5) is 23.9. The normalized spacial score (nSPS) is 15.1. The molecule has 1 aliphatic heterocycles. The number of halogens is 2. The van der Waals surface area contributed by atoms with Crippen molar-refractivity contribution in [2.75, 3.05) is 11.6 Å². The number of amides is 2. The molecule has 2 aromatic rings. The number of hydrazine groups is 2. The summed E-state index contributed by atoms with van der Waals surface area (Å²) in [6.07, 6.45) is 0. The Morgan fingerprint density at radius 2 is 1.96 bits per heavy atom. The largest absolute Gasteiger partial charge is 0.368 e. The van der Waals surface area contributed by atoms with Gasteiger partial charge in [0, 0.05) is 10.0 Å². The van der Waals surface area contributed by atoms with Crippen molar-refractivity contribution in [3.05, 3.63) is 63.6 Å². The Bertz CT molecular complexity index is 843. The monoisotopic (exact) mass is 378 g/mol. The number of carbonyl (C=O) groups excluding carboxylic acids is 2. The Morgan fingerprint density at radius 1 is 1.24 bits per heavy atom. The van der Waals surface area contributed by atoms with E-state index in [0.29, 0.717) is 21.3 Å². The van der Waals surface area contributed by atoms with Crippen LogP contribution in [0.4, 0.5) is 5.69 Å². The lowest BCUT2D eigenvalue weighted by Gasteiger charge is -2.41. The fourth-order valence-corrected chi connectivity index (χ4v) is 3.34. The first-order valence-electron chi connectivity index (χ1n) is 7.58. The van der Waals surface area contributed by atoms with Gasteiger partial charge in [0.2, 0.25) is 5.91 Å². The lowest BCUT2D eigenvalue weighted by molar-refractivity contribution is -0.119. The molecule has 3 rings (SSSR count). The summed E-state index contributed by atoms with van der Waals surface area (Å²) >= 11 is 12.3. The minimum atomic E-state index is -0.614. The number of para-hydroxylation sites is 1. The number of hydrogen-bond donors (Lipinski definition) is 2. The molecule has 1 heterocycles.